The van der Waals surface area contributed by atoms with Crippen LogP contribution in [-0.2, 0) is 20.9 Å². The number of amides is 1. The Kier molecular flexibility index (Phi) is 7.16. The number of ether oxygens (including phenoxy) is 2. The minimum Gasteiger partial charge on any atom is -0.497 e. The Hall–Kier alpha value is -3.94. The minimum atomic E-state index is -0.495. The summed E-state index contributed by atoms with van der Waals surface area (Å²) in [6, 6.07) is 13.9. The predicted octanol–water partition coefficient (Wildman–Crippen LogP) is 2.27. The number of aromatic nitrogens is 2. The largest absolute Gasteiger partial charge is 0.497 e. The smallest absolute Gasteiger partial charge is 0.307 e. The van der Waals surface area contributed by atoms with E-state index in [1.54, 1.807) is 37.5 Å². The zero-order valence-corrected chi connectivity index (χ0v) is 17.3. The molecule has 160 valence electrons. The number of carbonyl (C=O) groups excluding carboxylic acids is 2. The lowest BCUT2D eigenvalue weighted by Gasteiger charge is -2.08. The molecule has 0 saturated heterocycles. The van der Waals surface area contributed by atoms with Gasteiger partial charge in [-0.3, -0.25) is 18.8 Å². The third-order valence-electron chi connectivity index (χ3n) is 4.49. The van der Waals surface area contributed by atoms with Gasteiger partial charge in [-0.15, -0.1) is 0 Å². The first-order valence-electron chi connectivity index (χ1n) is 9.70. The summed E-state index contributed by atoms with van der Waals surface area (Å²) in [5.74, 6) is -0.0757. The molecule has 0 unspecified atom stereocenters. The fraction of sp³-hybridized carbons (Fsp3) is 0.217. The summed E-state index contributed by atoms with van der Waals surface area (Å²) in [5, 5.41) is 2.62. The number of methoxy groups -OCH3 is 1. The third kappa shape index (κ3) is 6.02. The lowest BCUT2D eigenvalue weighted by atomic mass is 10.2. The van der Waals surface area contributed by atoms with Gasteiger partial charge in [0, 0.05) is 24.4 Å². The maximum Gasteiger partial charge on any atom is 0.307 e. The van der Waals surface area contributed by atoms with Crippen LogP contribution in [-0.4, -0.2) is 34.9 Å². The molecule has 0 saturated carbocycles. The van der Waals surface area contributed by atoms with E-state index in [1.165, 1.54) is 16.5 Å². The van der Waals surface area contributed by atoms with Crippen molar-refractivity contribution in [2.45, 2.75) is 20.0 Å². The summed E-state index contributed by atoms with van der Waals surface area (Å²) in [6.45, 7) is 1.84. The predicted molar refractivity (Wildman–Crippen MR) is 116 cm³/mol. The first-order valence-corrected chi connectivity index (χ1v) is 9.70. The Morgan fingerprint density at radius 1 is 1.16 bits per heavy atom. The van der Waals surface area contributed by atoms with Crippen LogP contribution in [0.5, 0.6) is 5.75 Å². The fourth-order valence-electron chi connectivity index (χ4n) is 2.90. The van der Waals surface area contributed by atoms with Crippen molar-refractivity contribution >= 4 is 23.6 Å². The Balaban J connectivity index is 1.44. The Labute approximate surface area is 179 Å². The molecule has 0 spiro atoms. The third-order valence-corrected chi connectivity index (χ3v) is 4.49. The SMILES string of the molecule is COc1ccc(/C=C/C(=O)NCCC(=O)OCc2cc(=O)n3c(C)cccc3n2)cc1. The van der Waals surface area contributed by atoms with Crippen molar-refractivity contribution in [1.29, 1.82) is 0 Å². The van der Waals surface area contributed by atoms with Crippen LogP contribution in [0.3, 0.4) is 0 Å². The number of nitrogens with zero attached hydrogens (tertiary/aromatic N) is 2. The van der Waals surface area contributed by atoms with Crippen LogP contribution < -0.4 is 15.6 Å². The van der Waals surface area contributed by atoms with Crippen LogP contribution in [0.2, 0.25) is 0 Å². The van der Waals surface area contributed by atoms with E-state index in [2.05, 4.69) is 10.3 Å². The molecule has 0 bridgehead atoms. The standard InChI is InChI=1S/C23H23N3O5/c1-16-4-3-5-20-25-18(14-22(28)26(16)20)15-31-23(29)12-13-24-21(27)11-8-17-6-9-19(30-2)10-7-17/h3-11,14H,12-13,15H2,1-2H3,(H,24,27)/b11-8+. The van der Waals surface area contributed by atoms with E-state index in [-0.39, 0.29) is 31.0 Å². The highest BCUT2D eigenvalue weighted by atomic mass is 16.5. The Morgan fingerprint density at radius 3 is 2.68 bits per heavy atom. The van der Waals surface area contributed by atoms with Crippen molar-refractivity contribution in [3.63, 3.8) is 0 Å². The molecule has 3 rings (SSSR count). The molecule has 8 nitrogen and oxygen atoms in total. The monoisotopic (exact) mass is 421 g/mol. The molecule has 0 aliphatic rings. The summed E-state index contributed by atoms with van der Waals surface area (Å²) in [7, 11) is 1.59. The average Bonchev–Trinajstić information content (AvgIpc) is 2.76. The van der Waals surface area contributed by atoms with E-state index in [0.717, 1.165) is 17.0 Å². The number of benzene rings is 1. The summed E-state index contributed by atoms with van der Waals surface area (Å²) < 4.78 is 11.7. The van der Waals surface area contributed by atoms with E-state index < -0.39 is 5.97 Å². The number of pyridine rings is 1. The second-order valence-corrected chi connectivity index (χ2v) is 6.75. The van der Waals surface area contributed by atoms with Gasteiger partial charge in [0.05, 0.1) is 19.2 Å². The van der Waals surface area contributed by atoms with Gasteiger partial charge in [0.1, 0.15) is 18.0 Å². The Morgan fingerprint density at radius 2 is 1.94 bits per heavy atom. The van der Waals surface area contributed by atoms with Gasteiger partial charge in [-0.1, -0.05) is 18.2 Å². The molecule has 1 amide bonds. The molecule has 0 radical (unpaired) electrons. The molecule has 0 aliphatic heterocycles. The minimum absolute atomic E-state index is 0.00773. The second-order valence-electron chi connectivity index (χ2n) is 6.75. The number of nitrogens with one attached hydrogen (secondary N) is 1. The van der Waals surface area contributed by atoms with E-state index in [9.17, 15) is 14.4 Å². The second kappa shape index (κ2) is 10.2. The molecular formula is C23H23N3O5. The fourth-order valence-corrected chi connectivity index (χ4v) is 2.90. The van der Waals surface area contributed by atoms with Gasteiger partial charge in [0.15, 0.2) is 0 Å². The molecule has 3 aromatic rings. The zero-order valence-electron chi connectivity index (χ0n) is 17.3. The van der Waals surface area contributed by atoms with Gasteiger partial charge in [0.2, 0.25) is 5.91 Å². The van der Waals surface area contributed by atoms with Gasteiger partial charge >= 0.3 is 5.97 Å². The lowest BCUT2D eigenvalue weighted by Crippen LogP contribution is -2.24. The first kappa shape index (κ1) is 21.8. The molecule has 1 N–H and O–H groups in total. The topological polar surface area (TPSA) is 99.0 Å². The van der Waals surface area contributed by atoms with Gasteiger partial charge in [0.25, 0.3) is 5.56 Å². The van der Waals surface area contributed by atoms with Crippen LogP contribution in [0.25, 0.3) is 11.7 Å². The molecular weight excluding hydrogens is 398 g/mol. The van der Waals surface area contributed by atoms with E-state index in [4.69, 9.17) is 9.47 Å². The van der Waals surface area contributed by atoms with Gasteiger partial charge in [-0.2, -0.15) is 0 Å². The number of carbonyl (C=O) groups is 2. The normalized spacial score (nSPS) is 10.9. The maximum atomic E-state index is 12.2. The highest BCUT2D eigenvalue weighted by Crippen LogP contribution is 2.12. The van der Waals surface area contributed by atoms with Crippen molar-refractivity contribution in [1.82, 2.24) is 14.7 Å². The number of hydrogen-bond acceptors (Lipinski definition) is 6. The average molecular weight is 421 g/mol. The van der Waals surface area contributed by atoms with Crippen molar-refractivity contribution in [3.05, 3.63) is 81.9 Å². The number of fused-ring (bicyclic) bond motifs is 1. The highest BCUT2D eigenvalue weighted by Gasteiger charge is 2.08. The van der Waals surface area contributed by atoms with E-state index in [0.29, 0.717) is 11.3 Å². The quantitative estimate of drug-likeness (QED) is 0.443. The summed E-state index contributed by atoms with van der Waals surface area (Å²) >= 11 is 0. The molecule has 1 aromatic carbocycles. The van der Waals surface area contributed by atoms with Gasteiger partial charge < -0.3 is 14.8 Å². The van der Waals surface area contributed by atoms with Crippen molar-refractivity contribution in [2.24, 2.45) is 0 Å². The van der Waals surface area contributed by atoms with Gasteiger partial charge in [-0.05, 0) is 42.8 Å². The highest BCUT2D eigenvalue weighted by molar-refractivity contribution is 5.91. The van der Waals surface area contributed by atoms with Crippen molar-refractivity contribution in [2.75, 3.05) is 13.7 Å². The molecule has 0 atom stereocenters. The number of hydrogen-bond donors (Lipinski definition) is 1. The summed E-state index contributed by atoms with van der Waals surface area (Å²) in [6.07, 6.45) is 3.06. The lowest BCUT2D eigenvalue weighted by molar-refractivity contribution is -0.144. The van der Waals surface area contributed by atoms with Crippen LogP contribution in [0.15, 0.2) is 59.4 Å². The molecule has 2 heterocycles. The van der Waals surface area contributed by atoms with Crippen LogP contribution in [0.1, 0.15) is 23.4 Å². The van der Waals surface area contributed by atoms with Crippen molar-refractivity contribution < 1.29 is 19.1 Å². The van der Waals surface area contributed by atoms with Gasteiger partial charge in [-0.25, -0.2) is 4.98 Å². The molecule has 2 aromatic heterocycles. The van der Waals surface area contributed by atoms with E-state index >= 15 is 0 Å². The summed E-state index contributed by atoms with van der Waals surface area (Å²) in [4.78, 5) is 40.4. The zero-order chi connectivity index (χ0) is 22.2. The molecule has 0 fully saturated rings. The Bertz CT molecular complexity index is 1170. The number of aryl methyl sites for hydroxylation is 1. The van der Waals surface area contributed by atoms with Crippen LogP contribution in [0, 0.1) is 6.92 Å². The van der Waals surface area contributed by atoms with Crippen LogP contribution >= 0.6 is 0 Å². The van der Waals surface area contributed by atoms with Crippen molar-refractivity contribution in [3.8, 4) is 5.75 Å². The summed E-state index contributed by atoms with van der Waals surface area (Å²) in [5.41, 5.74) is 2.26. The van der Waals surface area contributed by atoms with Crippen LogP contribution in [0.4, 0.5) is 0 Å². The molecule has 31 heavy (non-hydrogen) atoms. The molecule has 0 aliphatic carbocycles. The number of esters is 1. The van der Waals surface area contributed by atoms with E-state index in [1.807, 2.05) is 25.1 Å². The maximum absolute atomic E-state index is 12.2. The molecule has 8 heteroatoms. The first-order chi connectivity index (χ1) is 15.0. The number of rotatable bonds is 8.